The first-order chi connectivity index (χ1) is 9.15. The third kappa shape index (κ3) is 2.46. The molecule has 0 amide bonds. The number of carbonyl (C=O) groups is 1. The molecule has 102 valence electrons. The van der Waals surface area contributed by atoms with Crippen molar-refractivity contribution in [2.45, 2.75) is 39.5 Å². The Morgan fingerprint density at radius 2 is 1.95 bits per heavy atom. The molecule has 1 aliphatic heterocycles. The van der Waals surface area contributed by atoms with E-state index in [4.69, 9.17) is 0 Å². The van der Waals surface area contributed by atoms with Gasteiger partial charge in [-0.15, -0.1) is 0 Å². The molecular formula is C17H23NO. The van der Waals surface area contributed by atoms with Crippen LogP contribution in [0.15, 0.2) is 12.1 Å². The van der Waals surface area contributed by atoms with Crippen molar-refractivity contribution in [3.05, 3.63) is 34.4 Å². The summed E-state index contributed by atoms with van der Waals surface area (Å²) in [6.07, 6.45) is 4.71. The van der Waals surface area contributed by atoms with Crippen molar-refractivity contribution in [1.29, 1.82) is 0 Å². The summed E-state index contributed by atoms with van der Waals surface area (Å²) in [4.78, 5) is 15.2. The van der Waals surface area contributed by atoms with Gasteiger partial charge in [-0.25, -0.2) is 0 Å². The van der Waals surface area contributed by atoms with Crippen LogP contribution in [-0.4, -0.2) is 30.3 Å². The van der Waals surface area contributed by atoms with E-state index in [2.05, 4.69) is 30.9 Å². The van der Waals surface area contributed by atoms with E-state index in [-0.39, 0.29) is 5.92 Å². The Hall–Kier alpha value is -1.15. The molecule has 2 nitrogen and oxygen atoms in total. The Balaban J connectivity index is 1.82. The molecule has 1 unspecified atom stereocenters. The number of carbonyl (C=O) groups excluding carboxylic acids is 1. The number of aryl methyl sites for hydroxylation is 2. The minimum absolute atomic E-state index is 0.229. The number of Topliss-reactive ketones (excluding diaryl/α,β-unsaturated/α-hetero) is 1. The second kappa shape index (κ2) is 5.09. The molecule has 2 heteroatoms. The summed E-state index contributed by atoms with van der Waals surface area (Å²) < 4.78 is 0. The standard InChI is InChI=1S/C17H23NO/c1-12-9-13(2)15-6-5-14(17(19)16(15)10-12)11-18-7-3-4-8-18/h9-10,14H,3-8,11H2,1-2H3. The number of fused-ring (bicyclic) bond motifs is 1. The smallest absolute Gasteiger partial charge is 0.167 e. The maximum atomic E-state index is 12.7. The van der Waals surface area contributed by atoms with Crippen molar-refractivity contribution in [1.82, 2.24) is 4.90 Å². The summed E-state index contributed by atoms with van der Waals surface area (Å²) >= 11 is 0. The zero-order valence-electron chi connectivity index (χ0n) is 12.0. The molecule has 1 aromatic rings. The molecule has 1 heterocycles. The van der Waals surface area contributed by atoms with Crippen LogP contribution in [0.1, 0.15) is 46.3 Å². The average Bonchev–Trinajstić information content (AvgIpc) is 2.86. The van der Waals surface area contributed by atoms with Crippen molar-refractivity contribution in [2.75, 3.05) is 19.6 Å². The Kier molecular flexibility index (Phi) is 3.44. The van der Waals surface area contributed by atoms with Crippen LogP contribution < -0.4 is 0 Å². The van der Waals surface area contributed by atoms with Gasteiger partial charge in [-0.3, -0.25) is 4.79 Å². The molecule has 0 spiro atoms. The lowest BCUT2D eigenvalue weighted by atomic mass is 9.80. The molecule has 1 aliphatic carbocycles. The minimum Gasteiger partial charge on any atom is -0.303 e. The predicted molar refractivity (Wildman–Crippen MR) is 77.7 cm³/mol. The normalized spacial score (nSPS) is 23.7. The second-order valence-electron chi connectivity index (χ2n) is 6.22. The largest absolute Gasteiger partial charge is 0.303 e. The highest BCUT2D eigenvalue weighted by molar-refractivity contribution is 6.00. The van der Waals surface area contributed by atoms with Gasteiger partial charge in [0.2, 0.25) is 0 Å². The Morgan fingerprint density at radius 3 is 2.68 bits per heavy atom. The van der Waals surface area contributed by atoms with Crippen molar-refractivity contribution >= 4 is 5.78 Å². The second-order valence-corrected chi connectivity index (χ2v) is 6.22. The van der Waals surface area contributed by atoms with Gasteiger partial charge in [0.1, 0.15) is 0 Å². The van der Waals surface area contributed by atoms with Gasteiger partial charge in [-0.1, -0.05) is 11.6 Å². The van der Waals surface area contributed by atoms with Gasteiger partial charge in [0.05, 0.1) is 0 Å². The topological polar surface area (TPSA) is 20.3 Å². The van der Waals surface area contributed by atoms with E-state index in [1.54, 1.807) is 0 Å². The fourth-order valence-corrected chi connectivity index (χ4v) is 3.67. The molecule has 0 N–H and O–H groups in total. The van der Waals surface area contributed by atoms with E-state index in [1.165, 1.54) is 42.6 Å². The number of benzene rings is 1. The van der Waals surface area contributed by atoms with Crippen molar-refractivity contribution in [3.63, 3.8) is 0 Å². The molecule has 3 rings (SSSR count). The number of hydrogen-bond acceptors (Lipinski definition) is 2. The summed E-state index contributed by atoms with van der Waals surface area (Å²) in [5, 5.41) is 0. The number of ketones is 1. The van der Waals surface area contributed by atoms with Gasteiger partial charge in [0.15, 0.2) is 5.78 Å². The SMILES string of the molecule is Cc1cc(C)c2c(c1)C(=O)C(CN1CCCC1)CC2. The molecule has 1 aromatic carbocycles. The van der Waals surface area contributed by atoms with Crippen molar-refractivity contribution < 1.29 is 4.79 Å². The summed E-state index contributed by atoms with van der Waals surface area (Å²) in [5.41, 5.74) is 4.82. The molecule has 2 aliphatic rings. The molecule has 0 aromatic heterocycles. The maximum absolute atomic E-state index is 12.7. The Morgan fingerprint density at radius 1 is 1.21 bits per heavy atom. The third-order valence-electron chi connectivity index (χ3n) is 4.67. The molecule has 19 heavy (non-hydrogen) atoms. The third-order valence-corrected chi connectivity index (χ3v) is 4.67. The van der Waals surface area contributed by atoms with E-state index in [0.29, 0.717) is 5.78 Å². The van der Waals surface area contributed by atoms with Gasteiger partial charge in [-0.2, -0.15) is 0 Å². The van der Waals surface area contributed by atoms with E-state index in [1.807, 2.05) is 0 Å². The van der Waals surface area contributed by atoms with Gasteiger partial charge in [0, 0.05) is 18.0 Å². The summed E-state index contributed by atoms with van der Waals surface area (Å²) in [6.45, 7) is 7.57. The first-order valence-electron chi connectivity index (χ1n) is 7.52. The lowest BCUT2D eigenvalue weighted by molar-refractivity contribution is 0.0868. The van der Waals surface area contributed by atoms with E-state index >= 15 is 0 Å². The van der Waals surface area contributed by atoms with Crippen LogP contribution in [0.3, 0.4) is 0 Å². The van der Waals surface area contributed by atoms with Gasteiger partial charge < -0.3 is 4.90 Å². The quantitative estimate of drug-likeness (QED) is 0.811. The molecule has 1 atom stereocenters. The molecule has 0 radical (unpaired) electrons. The van der Waals surface area contributed by atoms with E-state index < -0.39 is 0 Å². The predicted octanol–water partition coefficient (Wildman–Crippen LogP) is 3.14. The number of likely N-dealkylation sites (tertiary alicyclic amines) is 1. The van der Waals surface area contributed by atoms with Crippen LogP contribution in [0, 0.1) is 19.8 Å². The fourth-order valence-electron chi connectivity index (χ4n) is 3.67. The summed E-state index contributed by atoms with van der Waals surface area (Å²) in [7, 11) is 0. The molecule has 1 saturated heterocycles. The van der Waals surface area contributed by atoms with Gasteiger partial charge >= 0.3 is 0 Å². The van der Waals surface area contributed by atoms with Gasteiger partial charge in [0.25, 0.3) is 0 Å². The average molecular weight is 257 g/mol. The Bertz CT molecular complexity index is 500. The van der Waals surface area contributed by atoms with Crippen LogP contribution in [0.4, 0.5) is 0 Å². The molecular weight excluding hydrogens is 234 g/mol. The highest BCUT2D eigenvalue weighted by atomic mass is 16.1. The highest BCUT2D eigenvalue weighted by Gasteiger charge is 2.30. The number of hydrogen-bond donors (Lipinski definition) is 0. The van der Waals surface area contributed by atoms with Crippen LogP contribution in [0.2, 0.25) is 0 Å². The molecule has 0 bridgehead atoms. The first-order valence-corrected chi connectivity index (χ1v) is 7.52. The zero-order valence-corrected chi connectivity index (χ0v) is 12.0. The van der Waals surface area contributed by atoms with E-state index in [9.17, 15) is 4.79 Å². The van der Waals surface area contributed by atoms with Crippen molar-refractivity contribution in [2.24, 2.45) is 5.92 Å². The van der Waals surface area contributed by atoms with Gasteiger partial charge in [-0.05, 0) is 69.8 Å². The zero-order chi connectivity index (χ0) is 13.4. The van der Waals surface area contributed by atoms with E-state index in [0.717, 1.165) is 24.9 Å². The monoisotopic (exact) mass is 257 g/mol. The van der Waals surface area contributed by atoms with Crippen LogP contribution in [0.5, 0.6) is 0 Å². The molecule has 1 fully saturated rings. The van der Waals surface area contributed by atoms with Crippen LogP contribution >= 0.6 is 0 Å². The summed E-state index contributed by atoms with van der Waals surface area (Å²) in [5.74, 6) is 0.617. The molecule has 0 saturated carbocycles. The van der Waals surface area contributed by atoms with Crippen LogP contribution in [-0.2, 0) is 6.42 Å². The number of nitrogens with zero attached hydrogens (tertiary/aromatic N) is 1. The van der Waals surface area contributed by atoms with Crippen LogP contribution in [0.25, 0.3) is 0 Å². The summed E-state index contributed by atoms with van der Waals surface area (Å²) in [6, 6.07) is 4.30. The maximum Gasteiger partial charge on any atom is 0.167 e. The van der Waals surface area contributed by atoms with Crippen molar-refractivity contribution in [3.8, 4) is 0 Å². The highest BCUT2D eigenvalue weighted by Crippen LogP contribution is 2.30. The fraction of sp³-hybridized carbons (Fsp3) is 0.588. The minimum atomic E-state index is 0.229. The lowest BCUT2D eigenvalue weighted by Crippen LogP contribution is -2.34. The Labute approximate surface area is 115 Å². The lowest BCUT2D eigenvalue weighted by Gasteiger charge is -2.28. The first kappa shape index (κ1) is 12.9. The number of rotatable bonds is 2.